The number of alkyl halides is 3. The van der Waals surface area contributed by atoms with E-state index in [1.807, 2.05) is 10.6 Å². The molecule has 0 fully saturated rings. The summed E-state index contributed by atoms with van der Waals surface area (Å²) in [5.74, 6) is -0.251. The van der Waals surface area contributed by atoms with Gasteiger partial charge >= 0.3 is 5.57 Å². The number of fused-ring (bicyclic) bond motifs is 3. The lowest BCUT2D eigenvalue weighted by atomic mass is 10.0. The molecule has 1 aliphatic rings. The van der Waals surface area contributed by atoms with Crippen LogP contribution in [0.5, 0.6) is 11.8 Å². The van der Waals surface area contributed by atoms with E-state index >= 15 is 0 Å². The van der Waals surface area contributed by atoms with Crippen LogP contribution in [0.1, 0.15) is 17.3 Å². The molecule has 2 aromatic heterocycles. The van der Waals surface area contributed by atoms with Gasteiger partial charge in [-0.05, 0) is 48.5 Å². The van der Waals surface area contributed by atoms with Crippen LogP contribution in [0.4, 0.5) is 14.5 Å². The van der Waals surface area contributed by atoms with Gasteiger partial charge in [0.15, 0.2) is 0 Å². The predicted molar refractivity (Wildman–Crippen MR) is 121 cm³/mol. The first kappa shape index (κ1) is 22.0. The van der Waals surface area contributed by atoms with Crippen molar-refractivity contribution in [3.8, 4) is 23.0 Å². The molecule has 1 aliphatic heterocycles. The number of aromatic nitrogens is 4. The van der Waals surface area contributed by atoms with Gasteiger partial charge in [0, 0.05) is 47.1 Å². The molecule has 0 unspecified atom stereocenters. The van der Waals surface area contributed by atoms with Crippen molar-refractivity contribution < 1.29 is 23.0 Å². The van der Waals surface area contributed by atoms with E-state index in [9.17, 15) is 13.6 Å². The molecule has 174 valence electrons. The lowest BCUT2D eigenvalue weighted by Gasteiger charge is -2.21. The number of nitrogens with one attached hydrogen (secondary N) is 1. The molecule has 0 radical (unpaired) electrons. The van der Waals surface area contributed by atoms with Crippen LogP contribution in [0.3, 0.4) is 0 Å². The SMILES string of the molecule is C[C@H]1COc2nc3cc(C(=O)Nc4ccc(OC(F)(F)Cl)cc4)cc(-c4cccnn4)c3n2C1. The van der Waals surface area contributed by atoms with Crippen LogP contribution in [0.25, 0.3) is 22.3 Å². The number of anilines is 1. The predicted octanol–water partition coefficient (Wildman–Crippen LogP) is 4.94. The van der Waals surface area contributed by atoms with Crippen LogP contribution in [0.2, 0.25) is 0 Å². The van der Waals surface area contributed by atoms with Gasteiger partial charge in [-0.1, -0.05) is 6.92 Å². The minimum atomic E-state index is -3.82. The first-order valence-corrected chi connectivity index (χ1v) is 10.8. The lowest BCUT2D eigenvalue weighted by Crippen LogP contribution is -2.23. The first-order valence-electron chi connectivity index (χ1n) is 10.4. The Morgan fingerprint density at radius 3 is 2.76 bits per heavy atom. The summed E-state index contributed by atoms with van der Waals surface area (Å²) in [7, 11) is 0. The summed E-state index contributed by atoms with van der Waals surface area (Å²) in [6.45, 7) is 3.37. The fourth-order valence-corrected chi connectivity index (χ4v) is 3.91. The van der Waals surface area contributed by atoms with Crippen LogP contribution in [0, 0.1) is 5.92 Å². The monoisotopic (exact) mass is 485 g/mol. The van der Waals surface area contributed by atoms with Crippen molar-refractivity contribution >= 4 is 34.2 Å². The molecule has 8 nitrogen and oxygen atoms in total. The van der Waals surface area contributed by atoms with E-state index in [2.05, 4.69) is 32.2 Å². The number of nitrogens with zero attached hydrogens (tertiary/aromatic N) is 4. The molecule has 0 saturated heterocycles. The molecule has 5 rings (SSSR count). The molecule has 1 N–H and O–H groups in total. The Kier molecular flexibility index (Phi) is 5.52. The van der Waals surface area contributed by atoms with Crippen molar-refractivity contribution in [2.24, 2.45) is 5.92 Å². The number of halogens is 3. The number of amides is 1. The number of carbonyl (C=O) groups excluding carboxylic acids is 1. The third kappa shape index (κ3) is 4.49. The third-order valence-corrected chi connectivity index (χ3v) is 5.33. The topological polar surface area (TPSA) is 91.2 Å². The Hall–Kier alpha value is -3.79. The molecule has 0 bridgehead atoms. The number of ether oxygens (including phenoxy) is 2. The van der Waals surface area contributed by atoms with Gasteiger partial charge in [0.1, 0.15) is 5.75 Å². The van der Waals surface area contributed by atoms with Gasteiger partial charge in [0.25, 0.3) is 11.9 Å². The summed E-state index contributed by atoms with van der Waals surface area (Å²) in [4.78, 5) is 17.6. The van der Waals surface area contributed by atoms with Crippen molar-refractivity contribution in [1.82, 2.24) is 19.7 Å². The molecule has 2 aromatic carbocycles. The normalized spacial score (nSPS) is 15.5. The highest BCUT2D eigenvalue weighted by molar-refractivity contribution is 6.20. The standard InChI is InChI=1S/C23H18ClF2N5O3/c1-13-11-31-20-17(18-3-2-8-27-30-18)9-14(10-19(20)29-22(31)33-12-13)21(32)28-15-4-6-16(7-5-15)34-23(24,25)26/h2-10,13H,11-12H2,1H3,(H,28,32)/t13-/m1/s1. The van der Waals surface area contributed by atoms with Crippen LogP contribution < -0.4 is 14.8 Å². The zero-order valence-electron chi connectivity index (χ0n) is 17.8. The molecule has 11 heteroatoms. The summed E-state index contributed by atoms with van der Waals surface area (Å²) < 4.78 is 37.7. The second-order valence-corrected chi connectivity index (χ2v) is 8.39. The fraction of sp³-hybridized carbons (Fsp3) is 0.217. The minimum Gasteiger partial charge on any atom is -0.464 e. The van der Waals surface area contributed by atoms with Crippen molar-refractivity contribution in [2.75, 3.05) is 11.9 Å². The van der Waals surface area contributed by atoms with Crippen LogP contribution in [-0.2, 0) is 6.54 Å². The number of hydrogen-bond donors (Lipinski definition) is 1. The summed E-state index contributed by atoms with van der Waals surface area (Å²) in [6.07, 6.45) is 1.57. The molecule has 3 heterocycles. The molecular formula is C23H18ClF2N5O3. The number of carbonyl (C=O) groups is 1. The van der Waals surface area contributed by atoms with Gasteiger partial charge in [0.2, 0.25) is 0 Å². The van der Waals surface area contributed by atoms with Crippen molar-refractivity contribution in [3.63, 3.8) is 0 Å². The molecule has 4 aromatic rings. The molecule has 0 spiro atoms. The summed E-state index contributed by atoms with van der Waals surface area (Å²) in [6, 6.07) is 12.9. The Labute approximate surface area is 197 Å². The molecule has 0 saturated carbocycles. The summed E-state index contributed by atoms with van der Waals surface area (Å²) in [5, 5.41) is 10.9. The second kappa shape index (κ2) is 8.53. The van der Waals surface area contributed by atoms with Crippen molar-refractivity contribution in [1.29, 1.82) is 0 Å². The van der Waals surface area contributed by atoms with Crippen molar-refractivity contribution in [3.05, 3.63) is 60.3 Å². The number of rotatable bonds is 5. The number of hydrogen-bond acceptors (Lipinski definition) is 6. The van der Waals surface area contributed by atoms with Gasteiger partial charge in [-0.15, -0.1) is 8.78 Å². The highest BCUT2D eigenvalue weighted by Crippen LogP contribution is 2.35. The van der Waals surface area contributed by atoms with Gasteiger partial charge in [-0.25, -0.2) is 0 Å². The summed E-state index contributed by atoms with van der Waals surface area (Å²) in [5.41, 5.74) is -0.413. The average Bonchev–Trinajstić information content (AvgIpc) is 3.17. The third-order valence-electron chi connectivity index (χ3n) is 5.25. The second-order valence-electron chi connectivity index (χ2n) is 7.95. The Bertz CT molecular complexity index is 1360. The zero-order valence-corrected chi connectivity index (χ0v) is 18.6. The Morgan fingerprint density at radius 2 is 2.06 bits per heavy atom. The fourth-order valence-electron chi connectivity index (χ4n) is 3.82. The quantitative estimate of drug-likeness (QED) is 0.402. The van der Waals surface area contributed by atoms with Crippen LogP contribution in [-0.4, -0.2) is 37.8 Å². The van der Waals surface area contributed by atoms with E-state index in [-0.39, 0.29) is 5.75 Å². The van der Waals surface area contributed by atoms with E-state index in [1.54, 1.807) is 24.4 Å². The van der Waals surface area contributed by atoms with E-state index in [1.165, 1.54) is 24.3 Å². The molecular weight excluding hydrogens is 468 g/mol. The maximum absolute atomic E-state index is 13.1. The smallest absolute Gasteiger partial charge is 0.464 e. The van der Waals surface area contributed by atoms with E-state index in [0.29, 0.717) is 46.6 Å². The lowest BCUT2D eigenvalue weighted by molar-refractivity contribution is -0.0964. The van der Waals surface area contributed by atoms with Crippen LogP contribution in [0.15, 0.2) is 54.7 Å². The highest BCUT2D eigenvalue weighted by atomic mass is 35.5. The van der Waals surface area contributed by atoms with Gasteiger partial charge in [0.05, 0.1) is 23.3 Å². The molecule has 1 amide bonds. The van der Waals surface area contributed by atoms with Gasteiger partial charge in [-0.3, -0.25) is 9.36 Å². The van der Waals surface area contributed by atoms with E-state index in [4.69, 9.17) is 16.3 Å². The van der Waals surface area contributed by atoms with Gasteiger partial charge < -0.3 is 14.8 Å². The largest absolute Gasteiger partial charge is 0.487 e. The Morgan fingerprint density at radius 1 is 1.26 bits per heavy atom. The van der Waals surface area contributed by atoms with Crippen molar-refractivity contribution in [2.45, 2.75) is 19.0 Å². The zero-order chi connectivity index (χ0) is 23.9. The molecule has 34 heavy (non-hydrogen) atoms. The Balaban J connectivity index is 1.51. The number of imidazole rings is 1. The van der Waals surface area contributed by atoms with E-state index in [0.717, 1.165) is 12.1 Å². The number of benzene rings is 2. The maximum atomic E-state index is 13.1. The highest BCUT2D eigenvalue weighted by Gasteiger charge is 2.28. The van der Waals surface area contributed by atoms with Crippen LogP contribution >= 0.6 is 11.6 Å². The van der Waals surface area contributed by atoms with Gasteiger partial charge in [-0.2, -0.15) is 15.2 Å². The summed E-state index contributed by atoms with van der Waals surface area (Å²) >= 11 is 4.78. The minimum absolute atomic E-state index is 0.137. The van der Waals surface area contributed by atoms with E-state index < -0.39 is 11.5 Å². The average molecular weight is 486 g/mol. The molecule has 0 aliphatic carbocycles. The molecule has 1 atom stereocenters. The maximum Gasteiger partial charge on any atom is 0.487 e. The first-order chi connectivity index (χ1) is 16.3.